The molecule has 1 aliphatic heterocycles. The second-order valence-corrected chi connectivity index (χ2v) is 4.82. The fourth-order valence-corrected chi connectivity index (χ4v) is 1.71. The number of esters is 1. The Morgan fingerprint density at radius 3 is 2.56 bits per heavy atom. The second kappa shape index (κ2) is 7.71. The zero-order valence-electron chi connectivity index (χ0n) is 11.6. The molecule has 5 heteroatoms. The van der Waals surface area contributed by atoms with Crippen LogP contribution in [-0.4, -0.2) is 44.8 Å². The zero-order chi connectivity index (χ0) is 13.4. The summed E-state index contributed by atoms with van der Waals surface area (Å²) in [6.45, 7) is 8.33. The summed E-state index contributed by atoms with van der Waals surface area (Å²) < 4.78 is 21.5. The van der Waals surface area contributed by atoms with E-state index in [4.69, 9.17) is 18.9 Å². The molecule has 0 bridgehead atoms. The van der Waals surface area contributed by atoms with Crippen molar-refractivity contribution in [3.63, 3.8) is 0 Å². The molecule has 1 aliphatic rings. The van der Waals surface area contributed by atoms with E-state index in [-0.39, 0.29) is 19.0 Å². The molecule has 0 aromatic heterocycles. The molecule has 1 fully saturated rings. The first-order valence-corrected chi connectivity index (χ1v) is 6.59. The minimum absolute atomic E-state index is 0.0858. The van der Waals surface area contributed by atoms with Crippen molar-refractivity contribution >= 4 is 5.97 Å². The molecule has 0 radical (unpaired) electrons. The van der Waals surface area contributed by atoms with Gasteiger partial charge in [0.05, 0.1) is 19.8 Å². The van der Waals surface area contributed by atoms with Gasteiger partial charge in [-0.3, -0.25) is 4.79 Å². The Hall–Kier alpha value is -0.650. The van der Waals surface area contributed by atoms with Crippen molar-refractivity contribution in [1.29, 1.82) is 0 Å². The Morgan fingerprint density at radius 1 is 1.33 bits per heavy atom. The molecule has 0 aromatic carbocycles. The van der Waals surface area contributed by atoms with E-state index in [2.05, 4.69) is 13.8 Å². The number of hydrogen-bond donors (Lipinski definition) is 0. The molecular formula is C13H24O5. The fourth-order valence-electron chi connectivity index (χ4n) is 1.71. The van der Waals surface area contributed by atoms with E-state index in [1.807, 2.05) is 0 Å². The van der Waals surface area contributed by atoms with Crippen LogP contribution in [-0.2, 0) is 23.7 Å². The van der Waals surface area contributed by atoms with Gasteiger partial charge < -0.3 is 18.9 Å². The lowest BCUT2D eigenvalue weighted by atomic mass is 10.1. The van der Waals surface area contributed by atoms with Crippen LogP contribution < -0.4 is 0 Å². The van der Waals surface area contributed by atoms with E-state index in [1.54, 1.807) is 6.92 Å². The number of carbonyl (C=O) groups excluding carboxylic acids is 1. The minimum Gasteiger partial charge on any atom is -0.466 e. The highest BCUT2D eigenvalue weighted by molar-refractivity contribution is 5.70. The Labute approximate surface area is 109 Å². The first kappa shape index (κ1) is 15.4. The van der Waals surface area contributed by atoms with Crippen LogP contribution >= 0.6 is 0 Å². The van der Waals surface area contributed by atoms with Gasteiger partial charge in [-0.2, -0.15) is 0 Å². The molecule has 0 spiro atoms. The highest BCUT2D eigenvalue weighted by atomic mass is 16.8. The Balaban J connectivity index is 2.35. The van der Waals surface area contributed by atoms with Crippen LogP contribution in [0.3, 0.4) is 0 Å². The average Bonchev–Trinajstić information content (AvgIpc) is 2.73. The van der Waals surface area contributed by atoms with Crippen molar-refractivity contribution in [2.75, 3.05) is 33.0 Å². The molecule has 0 atom stereocenters. The third kappa shape index (κ3) is 5.33. The summed E-state index contributed by atoms with van der Waals surface area (Å²) in [4.78, 5) is 11.5. The van der Waals surface area contributed by atoms with Gasteiger partial charge in [0, 0.05) is 6.61 Å². The monoisotopic (exact) mass is 260 g/mol. The van der Waals surface area contributed by atoms with Gasteiger partial charge in [-0.05, 0) is 19.3 Å². The molecule has 18 heavy (non-hydrogen) atoms. The number of ether oxygens (including phenoxy) is 4. The molecular weight excluding hydrogens is 236 g/mol. The maximum Gasteiger partial charge on any atom is 0.311 e. The topological polar surface area (TPSA) is 54.0 Å². The summed E-state index contributed by atoms with van der Waals surface area (Å²) in [6, 6.07) is 0. The first-order valence-electron chi connectivity index (χ1n) is 6.59. The summed E-state index contributed by atoms with van der Waals surface area (Å²) in [7, 11) is 0. The molecule has 5 nitrogen and oxygen atoms in total. The number of hydrogen-bond acceptors (Lipinski definition) is 5. The van der Waals surface area contributed by atoms with Crippen LogP contribution in [0.15, 0.2) is 0 Å². The van der Waals surface area contributed by atoms with Crippen LogP contribution in [0.2, 0.25) is 0 Å². The normalized spacial score (nSPS) is 18.2. The summed E-state index contributed by atoms with van der Waals surface area (Å²) in [6.07, 6.45) is 1.07. The summed E-state index contributed by atoms with van der Waals surface area (Å²) in [5.74, 6) is -0.660. The average molecular weight is 260 g/mol. The van der Waals surface area contributed by atoms with Gasteiger partial charge >= 0.3 is 5.97 Å². The fraction of sp³-hybridized carbons (Fsp3) is 0.923. The van der Waals surface area contributed by atoms with E-state index in [1.165, 1.54) is 0 Å². The van der Waals surface area contributed by atoms with Crippen LogP contribution in [0, 0.1) is 5.92 Å². The van der Waals surface area contributed by atoms with E-state index < -0.39 is 5.79 Å². The van der Waals surface area contributed by atoms with Gasteiger partial charge in [-0.25, -0.2) is 0 Å². The van der Waals surface area contributed by atoms with Crippen LogP contribution in [0.4, 0.5) is 0 Å². The molecule has 0 saturated carbocycles. The maximum atomic E-state index is 11.5. The Morgan fingerprint density at radius 2 is 2.00 bits per heavy atom. The lowest BCUT2D eigenvalue weighted by molar-refractivity contribution is -0.206. The molecule has 0 unspecified atom stereocenters. The first-order chi connectivity index (χ1) is 8.58. The van der Waals surface area contributed by atoms with Crippen LogP contribution in [0.5, 0.6) is 0 Å². The summed E-state index contributed by atoms with van der Waals surface area (Å²) in [5, 5.41) is 0. The number of carbonyl (C=O) groups is 1. The van der Waals surface area contributed by atoms with Gasteiger partial charge in [0.25, 0.3) is 0 Å². The standard InChI is InChI=1S/C13H24O5/c1-4-16-12(14)9-13(17-7-8-18-13)10-15-6-5-11(2)3/h11H,4-10H2,1-3H3. The Kier molecular flexibility index (Phi) is 6.60. The summed E-state index contributed by atoms with van der Waals surface area (Å²) >= 11 is 0. The predicted octanol–water partition coefficient (Wildman–Crippen LogP) is 1.75. The largest absolute Gasteiger partial charge is 0.466 e. The van der Waals surface area contributed by atoms with Gasteiger partial charge in [0.15, 0.2) is 0 Å². The second-order valence-electron chi connectivity index (χ2n) is 4.82. The van der Waals surface area contributed by atoms with Crippen molar-refractivity contribution in [1.82, 2.24) is 0 Å². The molecule has 1 rings (SSSR count). The molecule has 0 amide bonds. The lowest BCUT2D eigenvalue weighted by Crippen LogP contribution is -2.39. The molecule has 0 aromatic rings. The van der Waals surface area contributed by atoms with Crippen molar-refractivity contribution in [2.45, 2.75) is 39.4 Å². The van der Waals surface area contributed by atoms with Gasteiger partial charge in [-0.15, -0.1) is 0 Å². The van der Waals surface area contributed by atoms with Crippen molar-refractivity contribution in [3.05, 3.63) is 0 Å². The van der Waals surface area contributed by atoms with Crippen LogP contribution in [0.1, 0.15) is 33.6 Å². The highest BCUT2D eigenvalue weighted by Crippen LogP contribution is 2.24. The Bertz CT molecular complexity index is 246. The quantitative estimate of drug-likeness (QED) is 0.491. The van der Waals surface area contributed by atoms with Crippen molar-refractivity contribution in [2.24, 2.45) is 5.92 Å². The van der Waals surface area contributed by atoms with Crippen molar-refractivity contribution < 1.29 is 23.7 Å². The molecule has 0 N–H and O–H groups in total. The molecule has 0 aliphatic carbocycles. The zero-order valence-corrected chi connectivity index (χ0v) is 11.6. The lowest BCUT2D eigenvalue weighted by Gasteiger charge is -2.26. The molecule has 1 saturated heterocycles. The van der Waals surface area contributed by atoms with E-state index >= 15 is 0 Å². The molecule has 1 heterocycles. The smallest absolute Gasteiger partial charge is 0.311 e. The van der Waals surface area contributed by atoms with Gasteiger partial charge in [0.1, 0.15) is 13.0 Å². The maximum absolute atomic E-state index is 11.5. The predicted molar refractivity (Wildman–Crippen MR) is 66.2 cm³/mol. The van der Waals surface area contributed by atoms with Crippen molar-refractivity contribution in [3.8, 4) is 0 Å². The van der Waals surface area contributed by atoms with Crippen LogP contribution in [0.25, 0.3) is 0 Å². The molecule has 106 valence electrons. The van der Waals surface area contributed by atoms with E-state index in [9.17, 15) is 4.79 Å². The SMILES string of the molecule is CCOC(=O)CC1(COCCC(C)C)OCCO1. The third-order valence-electron chi connectivity index (χ3n) is 2.69. The van der Waals surface area contributed by atoms with Gasteiger partial charge in [0.2, 0.25) is 5.79 Å². The van der Waals surface area contributed by atoms with Gasteiger partial charge in [-0.1, -0.05) is 13.8 Å². The summed E-state index contributed by atoms with van der Waals surface area (Å²) in [5.41, 5.74) is 0. The van der Waals surface area contributed by atoms with E-state index in [0.29, 0.717) is 32.3 Å². The number of rotatable bonds is 8. The highest BCUT2D eigenvalue weighted by Gasteiger charge is 2.39. The van der Waals surface area contributed by atoms with E-state index in [0.717, 1.165) is 6.42 Å². The minimum atomic E-state index is -0.941. The third-order valence-corrected chi connectivity index (χ3v) is 2.69.